The van der Waals surface area contributed by atoms with Gasteiger partial charge in [0.1, 0.15) is 5.75 Å². The van der Waals surface area contributed by atoms with Gasteiger partial charge in [0.2, 0.25) is 10.0 Å². The maximum Gasteiger partial charge on any atom is 0.258 e. The van der Waals surface area contributed by atoms with Crippen LogP contribution in [0.25, 0.3) is 21.8 Å². The predicted octanol–water partition coefficient (Wildman–Crippen LogP) is 5.48. The number of nitrogens with zero attached hydrogens (tertiary/aromatic N) is 1. The number of hydrogen-bond donors (Lipinski definition) is 3. The van der Waals surface area contributed by atoms with Crippen LogP contribution in [0.3, 0.4) is 0 Å². The molecule has 0 radical (unpaired) electrons. The smallest absolute Gasteiger partial charge is 0.258 e. The molecule has 0 saturated carbocycles. The molecule has 0 spiro atoms. The number of aromatic nitrogens is 2. The lowest BCUT2D eigenvalue weighted by atomic mass is 9.85. The highest BCUT2D eigenvalue weighted by molar-refractivity contribution is 7.89. The number of fused-ring (bicyclic) bond motifs is 2. The summed E-state index contributed by atoms with van der Waals surface area (Å²) in [7, 11) is -1.67. The zero-order valence-electron chi connectivity index (χ0n) is 23.1. The molecule has 5 aromatic rings. The van der Waals surface area contributed by atoms with E-state index in [-0.39, 0.29) is 29.2 Å². The molecule has 0 saturated heterocycles. The van der Waals surface area contributed by atoms with Gasteiger partial charge >= 0.3 is 0 Å². The van der Waals surface area contributed by atoms with Gasteiger partial charge in [-0.3, -0.25) is 4.79 Å². The van der Waals surface area contributed by atoms with Crippen LogP contribution in [0.5, 0.6) is 5.75 Å². The third-order valence-electron chi connectivity index (χ3n) is 7.61. The summed E-state index contributed by atoms with van der Waals surface area (Å²) in [5.74, 6) is -0.561. The van der Waals surface area contributed by atoms with Gasteiger partial charge in [-0.1, -0.05) is 73.5 Å². The lowest BCUT2D eigenvalue weighted by molar-refractivity contribution is 0.470. The van der Waals surface area contributed by atoms with Crippen LogP contribution in [0.2, 0.25) is 0 Å². The molecule has 40 heavy (non-hydrogen) atoms. The minimum Gasteiger partial charge on any atom is -0.507 e. The van der Waals surface area contributed by atoms with Gasteiger partial charge in [-0.2, -0.15) is 0 Å². The molecule has 5 rings (SSSR count). The van der Waals surface area contributed by atoms with Crippen molar-refractivity contribution in [1.29, 1.82) is 0 Å². The lowest BCUT2D eigenvalue weighted by Crippen LogP contribution is -2.29. The monoisotopic (exact) mass is 557 g/mol. The Kier molecular flexibility index (Phi) is 7.83. The van der Waals surface area contributed by atoms with E-state index in [0.29, 0.717) is 23.7 Å². The third kappa shape index (κ3) is 5.29. The first-order valence-corrected chi connectivity index (χ1v) is 15.3. The van der Waals surface area contributed by atoms with Crippen molar-refractivity contribution < 1.29 is 13.5 Å². The van der Waals surface area contributed by atoms with Crippen molar-refractivity contribution in [1.82, 2.24) is 14.3 Å². The zero-order chi connectivity index (χ0) is 28.4. The minimum absolute atomic E-state index is 0.0471. The summed E-state index contributed by atoms with van der Waals surface area (Å²) in [5, 5.41) is 13.2. The molecule has 0 aliphatic heterocycles. The molecule has 3 aromatic carbocycles. The van der Waals surface area contributed by atoms with E-state index in [2.05, 4.69) is 9.71 Å². The summed E-state index contributed by atoms with van der Waals surface area (Å²) in [5.41, 5.74) is 5.13. The van der Waals surface area contributed by atoms with E-state index in [1.54, 1.807) is 11.6 Å². The maximum absolute atomic E-state index is 13.9. The van der Waals surface area contributed by atoms with E-state index in [1.165, 1.54) is 0 Å². The van der Waals surface area contributed by atoms with Crippen molar-refractivity contribution >= 4 is 31.8 Å². The van der Waals surface area contributed by atoms with E-state index in [0.717, 1.165) is 39.7 Å². The number of benzene rings is 3. The number of rotatable bonds is 10. The Morgan fingerprint density at radius 2 is 1.65 bits per heavy atom. The highest BCUT2D eigenvalue weighted by Crippen LogP contribution is 2.41. The number of pyridine rings is 1. The summed E-state index contributed by atoms with van der Waals surface area (Å²) >= 11 is 0. The van der Waals surface area contributed by atoms with Gasteiger partial charge in [-0.15, -0.1) is 0 Å². The number of aromatic hydroxyl groups is 1. The molecule has 0 bridgehead atoms. The predicted molar refractivity (Wildman–Crippen MR) is 162 cm³/mol. The molecule has 3 N–H and O–H groups in total. The fraction of sp³-hybridized carbons (Fsp3) is 0.281. The number of aryl methyl sites for hydroxylation is 2. The van der Waals surface area contributed by atoms with E-state index in [9.17, 15) is 18.3 Å². The summed E-state index contributed by atoms with van der Waals surface area (Å²) in [6, 6.07) is 23.1. The second-order valence-corrected chi connectivity index (χ2v) is 12.3. The lowest BCUT2D eigenvalue weighted by Gasteiger charge is -2.22. The normalized spacial score (nSPS) is 12.8. The van der Waals surface area contributed by atoms with Gasteiger partial charge in [-0.25, -0.2) is 13.1 Å². The van der Waals surface area contributed by atoms with Gasteiger partial charge in [0.05, 0.1) is 22.8 Å². The highest BCUT2D eigenvalue weighted by Gasteiger charge is 2.30. The van der Waals surface area contributed by atoms with Crippen molar-refractivity contribution in [2.45, 2.75) is 39.0 Å². The van der Waals surface area contributed by atoms with Gasteiger partial charge < -0.3 is 14.7 Å². The first kappa shape index (κ1) is 27.7. The fourth-order valence-corrected chi connectivity index (χ4v) is 6.70. The molecule has 2 heterocycles. The number of hydrogen-bond acceptors (Lipinski definition) is 4. The van der Waals surface area contributed by atoms with Crippen molar-refractivity contribution in [2.75, 3.05) is 12.3 Å². The van der Waals surface area contributed by atoms with Crippen LogP contribution in [0, 0.1) is 6.92 Å². The summed E-state index contributed by atoms with van der Waals surface area (Å²) in [6.45, 7) is 4.19. The molecule has 8 heteroatoms. The first-order valence-electron chi connectivity index (χ1n) is 13.7. The quantitative estimate of drug-likeness (QED) is 0.212. The molecule has 0 amide bonds. The second kappa shape index (κ2) is 11.3. The van der Waals surface area contributed by atoms with Gasteiger partial charge in [0, 0.05) is 35.6 Å². The molecule has 1 atom stereocenters. The molecular weight excluding hydrogens is 522 g/mol. The summed E-state index contributed by atoms with van der Waals surface area (Å²) < 4.78 is 29.4. The van der Waals surface area contributed by atoms with Crippen LogP contribution in [0.15, 0.2) is 77.6 Å². The van der Waals surface area contributed by atoms with Crippen LogP contribution < -0.4 is 10.3 Å². The van der Waals surface area contributed by atoms with Crippen molar-refractivity contribution in [2.24, 2.45) is 7.05 Å². The SMILES string of the molecule is CCCCS(=O)(=O)NCCc1c(C(c2ccc(C)cc2)c2c(O)c3ccccc3n(C)c2=O)[nH]c2ccccc12. The Bertz CT molecular complexity index is 1840. The molecule has 2 aromatic heterocycles. The Morgan fingerprint density at radius 1 is 0.975 bits per heavy atom. The highest BCUT2D eigenvalue weighted by atomic mass is 32.2. The van der Waals surface area contributed by atoms with Gasteiger partial charge in [-0.05, 0) is 49.1 Å². The fourth-order valence-electron chi connectivity index (χ4n) is 5.47. The standard InChI is InChI=1S/C32H35N3O4S/c1-4-5-20-40(38,39)33-19-18-24-23-10-6-8-12-26(23)34-30(24)28(22-16-14-21(2)15-17-22)29-31(36)25-11-7-9-13-27(25)35(3)32(29)37/h6-17,28,33-34,36H,4-5,18-20H2,1-3H3. The van der Waals surface area contributed by atoms with Gasteiger partial charge in [0.15, 0.2) is 0 Å². The van der Waals surface area contributed by atoms with Crippen LogP contribution in [-0.4, -0.2) is 35.4 Å². The molecule has 7 nitrogen and oxygen atoms in total. The average Bonchev–Trinajstić information content (AvgIpc) is 3.31. The third-order valence-corrected chi connectivity index (χ3v) is 9.08. The Hall–Kier alpha value is -3.88. The molecular formula is C32H35N3O4S. The van der Waals surface area contributed by atoms with Crippen molar-refractivity contribution in [3.8, 4) is 5.75 Å². The Balaban J connectivity index is 1.71. The first-order chi connectivity index (χ1) is 19.2. The minimum atomic E-state index is -3.39. The van der Waals surface area contributed by atoms with Crippen molar-refractivity contribution in [3.05, 3.63) is 111 Å². The molecule has 1 unspecified atom stereocenters. The topological polar surface area (TPSA) is 104 Å². The Morgan fingerprint density at radius 3 is 2.38 bits per heavy atom. The Labute approximate surface area is 234 Å². The number of sulfonamides is 1. The molecule has 208 valence electrons. The number of aromatic amines is 1. The summed E-state index contributed by atoms with van der Waals surface area (Å²) in [4.78, 5) is 17.5. The zero-order valence-corrected chi connectivity index (χ0v) is 23.9. The van der Waals surface area contributed by atoms with Crippen LogP contribution in [0.4, 0.5) is 0 Å². The van der Waals surface area contributed by atoms with Gasteiger partial charge in [0.25, 0.3) is 5.56 Å². The molecule has 0 fully saturated rings. The number of para-hydroxylation sites is 2. The summed E-state index contributed by atoms with van der Waals surface area (Å²) in [6.07, 6.45) is 1.82. The largest absolute Gasteiger partial charge is 0.507 e. The van der Waals surface area contributed by atoms with Crippen LogP contribution in [-0.2, 0) is 23.5 Å². The molecule has 0 aliphatic carbocycles. The second-order valence-electron chi connectivity index (χ2n) is 10.4. The van der Waals surface area contributed by atoms with Crippen LogP contribution >= 0.6 is 0 Å². The van der Waals surface area contributed by atoms with E-state index < -0.39 is 15.9 Å². The van der Waals surface area contributed by atoms with E-state index >= 15 is 0 Å². The van der Waals surface area contributed by atoms with Crippen LogP contribution in [0.1, 0.15) is 53.6 Å². The van der Waals surface area contributed by atoms with E-state index in [1.807, 2.05) is 86.6 Å². The number of unbranched alkanes of at least 4 members (excludes halogenated alkanes) is 1. The number of nitrogens with one attached hydrogen (secondary N) is 2. The van der Waals surface area contributed by atoms with Crippen molar-refractivity contribution in [3.63, 3.8) is 0 Å². The number of H-pyrrole nitrogens is 1. The maximum atomic E-state index is 13.9. The molecule has 0 aliphatic rings. The van der Waals surface area contributed by atoms with E-state index in [4.69, 9.17) is 0 Å². The average molecular weight is 558 g/mol.